The van der Waals surface area contributed by atoms with E-state index in [0.717, 1.165) is 25.0 Å². The van der Waals surface area contributed by atoms with Gasteiger partial charge < -0.3 is 14.8 Å². The van der Waals surface area contributed by atoms with Crippen molar-refractivity contribution >= 4 is 0 Å². The number of ether oxygens (including phenoxy) is 2. The summed E-state index contributed by atoms with van der Waals surface area (Å²) in [5, 5.41) is 3.28. The van der Waals surface area contributed by atoms with Gasteiger partial charge in [-0.2, -0.15) is 0 Å². The van der Waals surface area contributed by atoms with Gasteiger partial charge in [0.15, 0.2) is 11.6 Å². The van der Waals surface area contributed by atoms with E-state index < -0.39 is 0 Å². The molecular formula is C15H22FNO2. The van der Waals surface area contributed by atoms with Crippen LogP contribution < -0.4 is 10.1 Å². The van der Waals surface area contributed by atoms with Gasteiger partial charge in [-0.1, -0.05) is 26.0 Å². The fourth-order valence-electron chi connectivity index (χ4n) is 2.12. The lowest BCUT2D eigenvalue weighted by molar-refractivity contribution is 0.0661. The molecule has 0 aliphatic carbocycles. The number of benzene rings is 1. The molecule has 1 aromatic rings. The molecule has 1 saturated heterocycles. The summed E-state index contributed by atoms with van der Waals surface area (Å²) in [5.41, 5.74) is 0.853. The van der Waals surface area contributed by atoms with E-state index in [0.29, 0.717) is 24.9 Å². The molecule has 3 nitrogen and oxygen atoms in total. The zero-order valence-electron chi connectivity index (χ0n) is 11.6. The highest BCUT2D eigenvalue weighted by atomic mass is 19.1. The van der Waals surface area contributed by atoms with Crippen molar-refractivity contribution < 1.29 is 13.9 Å². The quantitative estimate of drug-likeness (QED) is 0.859. The van der Waals surface area contributed by atoms with Crippen molar-refractivity contribution in [1.82, 2.24) is 5.32 Å². The second-order valence-electron chi connectivity index (χ2n) is 5.21. The maximum atomic E-state index is 13.9. The summed E-state index contributed by atoms with van der Waals surface area (Å²) in [6.07, 6.45) is 2.16. The van der Waals surface area contributed by atoms with Gasteiger partial charge >= 0.3 is 0 Å². The number of rotatable bonds is 6. The number of halogens is 1. The summed E-state index contributed by atoms with van der Waals surface area (Å²) in [4.78, 5) is 0. The smallest absolute Gasteiger partial charge is 0.165 e. The van der Waals surface area contributed by atoms with Crippen LogP contribution in [-0.4, -0.2) is 25.4 Å². The Bertz CT molecular complexity index is 403. The van der Waals surface area contributed by atoms with Crippen LogP contribution in [0.1, 0.15) is 32.3 Å². The first-order valence-corrected chi connectivity index (χ1v) is 6.92. The van der Waals surface area contributed by atoms with Gasteiger partial charge in [-0.05, 0) is 18.9 Å². The van der Waals surface area contributed by atoms with Crippen LogP contribution in [0.5, 0.6) is 5.75 Å². The Balaban J connectivity index is 1.99. The van der Waals surface area contributed by atoms with E-state index in [1.165, 1.54) is 6.07 Å². The molecule has 1 unspecified atom stereocenters. The van der Waals surface area contributed by atoms with E-state index in [2.05, 4.69) is 19.2 Å². The lowest BCUT2D eigenvalue weighted by Crippen LogP contribution is -2.23. The molecule has 4 heteroatoms. The molecule has 19 heavy (non-hydrogen) atoms. The van der Waals surface area contributed by atoms with Crippen LogP contribution in [0.25, 0.3) is 0 Å². The van der Waals surface area contributed by atoms with Gasteiger partial charge in [0.1, 0.15) is 6.61 Å². The monoisotopic (exact) mass is 267 g/mol. The van der Waals surface area contributed by atoms with E-state index in [9.17, 15) is 4.39 Å². The molecule has 0 bridgehead atoms. The third kappa shape index (κ3) is 4.18. The third-order valence-corrected chi connectivity index (χ3v) is 3.19. The van der Waals surface area contributed by atoms with Crippen LogP contribution in [0.15, 0.2) is 18.2 Å². The highest BCUT2D eigenvalue weighted by Crippen LogP contribution is 2.24. The van der Waals surface area contributed by atoms with Crippen LogP contribution in [0.3, 0.4) is 0 Å². The van der Waals surface area contributed by atoms with Crippen LogP contribution in [-0.2, 0) is 11.3 Å². The summed E-state index contributed by atoms with van der Waals surface area (Å²) in [5.74, 6) is 0.0483. The van der Waals surface area contributed by atoms with Gasteiger partial charge in [-0.15, -0.1) is 0 Å². The minimum Gasteiger partial charge on any atom is -0.487 e. The zero-order chi connectivity index (χ0) is 13.7. The topological polar surface area (TPSA) is 30.5 Å². The predicted octanol–water partition coefficient (Wildman–Crippen LogP) is 2.88. The fraction of sp³-hybridized carbons (Fsp3) is 0.600. The molecule has 1 aromatic carbocycles. The van der Waals surface area contributed by atoms with Gasteiger partial charge in [-0.3, -0.25) is 0 Å². The van der Waals surface area contributed by atoms with E-state index in [1.807, 2.05) is 6.07 Å². The Labute approximate surface area is 114 Å². The first-order chi connectivity index (χ1) is 9.16. The lowest BCUT2D eigenvalue weighted by Gasteiger charge is -2.16. The van der Waals surface area contributed by atoms with Crippen molar-refractivity contribution in [3.8, 4) is 5.75 Å². The Morgan fingerprint density at radius 2 is 2.32 bits per heavy atom. The number of hydrogen-bond donors (Lipinski definition) is 1. The van der Waals surface area contributed by atoms with Crippen LogP contribution in [0, 0.1) is 5.82 Å². The van der Waals surface area contributed by atoms with Gasteiger partial charge in [0.25, 0.3) is 0 Å². The van der Waals surface area contributed by atoms with Crippen molar-refractivity contribution in [2.24, 2.45) is 0 Å². The van der Waals surface area contributed by atoms with Crippen molar-refractivity contribution in [2.45, 2.75) is 45.4 Å². The largest absolute Gasteiger partial charge is 0.487 e. The normalized spacial score (nSPS) is 19.1. The average molecular weight is 267 g/mol. The fourth-order valence-corrected chi connectivity index (χ4v) is 2.12. The minimum atomic E-state index is -0.305. The van der Waals surface area contributed by atoms with E-state index in [-0.39, 0.29) is 11.9 Å². The summed E-state index contributed by atoms with van der Waals surface area (Å²) in [6, 6.07) is 5.40. The summed E-state index contributed by atoms with van der Waals surface area (Å²) >= 11 is 0. The second-order valence-corrected chi connectivity index (χ2v) is 5.21. The molecule has 0 saturated carbocycles. The Morgan fingerprint density at radius 3 is 3.00 bits per heavy atom. The molecule has 106 valence electrons. The summed E-state index contributed by atoms with van der Waals surface area (Å²) < 4.78 is 25.0. The lowest BCUT2D eigenvalue weighted by atomic mass is 10.1. The molecule has 1 N–H and O–H groups in total. The van der Waals surface area contributed by atoms with Crippen molar-refractivity contribution in [1.29, 1.82) is 0 Å². The minimum absolute atomic E-state index is 0.102. The Kier molecular flexibility index (Phi) is 5.16. The molecule has 1 heterocycles. The van der Waals surface area contributed by atoms with Crippen molar-refractivity contribution in [3.63, 3.8) is 0 Å². The number of para-hydroxylation sites is 1. The molecule has 1 fully saturated rings. The molecule has 0 aromatic heterocycles. The average Bonchev–Trinajstić information content (AvgIpc) is 2.88. The molecular weight excluding hydrogens is 245 g/mol. The van der Waals surface area contributed by atoms with E-state index >= 15 is 0 Å². The second kappa shape index (κ2) is 6.87. The van der Waals surface area contributed by atoms with Gasteiger partial charge in [0.2, 0.25) is 0 Å². The standard InChI is InChI=1S/C15H22FNO2/c1-11(2)17-9-12-5-3-7-14(16)15(12)19-10-13-6-4-8-18-13/h3,5,7,11,13,17H,4,6,8-10H2,1-2H3. The van der Waals surface area contributed by atoms with Crippen LogP contribution in [0.4, 0.5) is 4.39 Å². The predicted molar refractivity (Wildman–Crippen MR) is 72.8 cm³/mol. The first kappa shape index (κ1) is 14.3. The molecule has 2 rings (SSSR count). The summed E-state index contributed by atoms with van der Waals surface area (Å²) in [6.45, 7) is 5.94. The highest BCUT2D eigenvalue weighted by Gasteiger charge is 2.18. The Morgan fingerprint density at radius 1 is 1.47 bits per heavy atom. The third-order valence-electron chi connectivity index (χ3n) is 3.19. The SMILES string of the molecule is CC(C)NCc1cccc(F)c1OCC1CCCO1. The van der Waals surface area contributed by atoms with Crippen LogP contribution in [0.2, 0.25) is 0 Å². The molecule has 1 atom stereocenters. The molecule has 0 spiro atoms. The maximum Gasteiger partial charge on any atom is 0.165 e. The molecule has 1 aliphatic heterocycles. The maximum absolute atomic E-state index is 13.9. The Hall–Kier alpha value is -1.13. The summed E-state index contributed by atoms with van der Waals surface area (Å²) in [7, 11) is 0. The number of hydrogen-bond acceptors (Lipinski definition) is 3. The zero-order valence-corrected chi connectivity index (χ0v) is 11.6. The van der Waals surface area contributed by atoms with E-state index in [1.54, 1.807) is 6.07 Å². The molecule has 0 radical (unpaired) electrons. The molecule has 1 aliphatic rings. The van der Waals surface area contributed by atoms with Crippen molar-refractivity contribution in [2.75, 3.05) is 13.2 Å². The van der Waals surface area contributed by atoms with Crippen molar-refractivity contribution in [3.05, 3.63) is 29.6 Å². The first-order valence-electron chi connectivity index (χ1n) is 6.92. The highest BCUT2D eigenvalue weighted by molar-refractivity contribution is 5.35. The van der Waals surface area contributed by atoms with Crippen LogP contribution >= 0.6 is 0 Å². The van der Waals surface area contributed by atoms with Gasteiger partial charge in [0, 0.05) is 24.8 Å². The van der Waals surface area contributed by atoms with E-state index in [4.69, 9.17) is 9.47 Å². The van der Waals surface area contributed by atoms with Gasteiger partial charge in [-0.25, -0.2) is 4.39 Å². The molecule has 0 amide bonds. The number of nitrogens with one attached hydrogen (secondary N) is 1. The van der Waals surface area contributed by atoms with Gasteiger partial charge in [0.05, 0.1) is 6.10 Å².